The lowest BCUT2D eigenvalue weighted by atomic mass is 10.1. The fraction of sp³-hybridized carbons (Fsp3) is 0.300. The van der Waals surface area contributed by atoms with Crippen molar-refractivity contribution in [2.75, 3.05) is 0 Å². The molecule has 7 nitrogen and oxygen atoms in total. The summed E-state index contributed by atoms with van der Waals surface area (Å²) >= 11 is 0. The van der Waals surface area contributed by atoms with E-state index in [0.29, 0.717) is 0 Å². The van der Waals surface area contributed by atoms with Gasteiger partial charge in [-0.25, -0.2) is 8.42 Å². The second kappa shape index (κ2) is 9.48. The predicted molar refractivity (Wildman–Crippen MR) is 105 cm³/mol. The highest BCUT2D eigenvalue weighted by Crippen LogP contribution is 2.12. The first-order chi connectivity index (χ1) is 13.2. The molecule has 0 aliphatic rings. The molecule has 2 aromatic rings. The Morgan fingerprint density at radius 1 is 0.893 bits per heavy atom. The van der Waals surface area contributed by atoms with Crippen LogP contribution in [0.4, 0.5) is 0 Å². The molecule has 2 N–H and O–H groups in total. The highest BCUT2D eigenvalue weighted by atomic mass is 32.2. The van der Waals surface area contributed by atoms with Crippen LogP contribution in [0.5, 0.6) is 0 Å². The van der Waals surface area contributed by atoms with Gasteiger partial charge in [-0.05, 0) is 38.5 Å². The summed E-state index contributed by atoms with van der Waals surface area (Å²) < 4.78 is 31.9. The van der Waals surface area contributed by atoms with Crippen LogP contribution in [0.2, 0.25) is 0 Å². The molecular formula is C20H24N2O5S. The van der Waals surface area contributed by atoms with Crippen molar-refractivity contribution in [3.63, 3.8) is 0 Å². The third-order valence-electron chi connectivity index (χ3n) is 4.06. The number of benzene rings is 2. The normalized spacial score (nSPS) is 14.5. The predicted octanol–water partition coefficient (Wildman–Crippen LogP) is 2.16. The van der Waals surface area contributed by atoms with Crippen LogP contribution in [0.25, 0.3) is 0 Å². The van der Waals surface area contributed by atoms with Gasteiger partial charge < -0.3 is 10.1 Å². The third kappa shape index (κ3) is 5.90. The van der Waals surface area contributed by atoms with Crippen LogP contribution in [-0.2, 0) is 24.3 Å². The van der Waals surface area contributed by atoms with Crippen LogP contribution in [0, 0.1) is 0 Å². The van der Waals surface area contributed by atoms with E-state index in [4.69, 9.17) is 4.74 Å². The van der Waals surface area contributed by atoms with Crippen molar-refractivity contribution < 1.29 is 22.7 Å². The van der Waals surface area contributed by atoms with Gasteiger partial charge in [0.25, 0.3) is 5.91 Å². The molecule has 0 fully saturated rings. The Hall–Kier alpha value is -2.71. The number of hydrogen-bond donors (Lipinski definition) is 2. The molecule has 28 heavy (non-hydrogen) atoms. The highest BCUT2D eigenvalue weighted by molar-refractivity contribution is 7.89. The molecule has 0 aliphatic carbocycles. The van der Waals surface area contributed by atoms with E-state index < -0.39 is 34.0 Å². The summed E-state index contributed by atoms with van der Waals surface area (Å²) in [6.45, 7) is 4.61. The van der Waals surface area contributed by atoms with Gasteiger partial charge in [0.1, 0.15) is 6.04 Å². The standard InChI is InChI=1S/C20H24N2O5S/c1-14(17-10-6-4-7-11-17)21-19(23)16(3)27-20(24)15(2)22-28(25,26)18-12-8-5-9-13-18/h4-16,22H,1-3H3,(H,21,23). The average molecular weight is 404 g/mol. The monoisotopic (exact) mass is 404 g/mol. The van der Waals surface area contributed by atoms with Gasteiger partial charge in [-0.2, -0.15) is 4.72 Å². The molecule has 3 atom stereocenters. The number of ether oxygens (including phenoxy) is 1. The van der Waals surface area contributed by atoms with Gasteiger partial charge in [0.05, 0.1) is 10.9 Å². The van der Waals surface area contributed by atoms with E-state index in [9.17, 15) is 18.0 Å². The second-order valence-corrected chi connectivity index (χ2v) is 8.09. The third-order valence-corrected chi connectivity index (χ3v) is 5.62. The van der Waals surface area contributed by atoms with E-state index in [1.54, 1.807) is 18.2 Å². The zero-order valence-electron chi connectivity index (χ0n) is 16.0. The Morgan fingerprint density at radius 3 is 2.00 bits per heavy atom. The quantitative estimate of drug-likeness (QED) is 0.657. The second-order valence-electron chi connectivity index (χ2n) is 6.38. The van der Waals surface area contributed by atoms with Gasteiger partial charge in [0, 0.05) is 0 Å². The van der Waals surface area contributed by atoms with Crippen molar-refractivity contribution in [1.82, 2.24) is 10.0 Å². The van der Waals surface area contributed by atoms with Crippen LogP contribution in [0.1, 0.15) is 32.4 Å². The van der Waals surface area contributed by atoms with E-state index >= 15 is 0 Å². The number of carbonyl (C=O) groups excluding carboxylic acids is 2. The summed E-state index contributed by atoms with van der Waals surface area (Å²) in [5.74, 6) is -1.31. The number of hydrogen-bond acceptors (Lipinski definition) is 5. The number of esters is 1. The Labute approximate surface area is 165 Å². The minimum atomic E-state index is -3.87. The fourth-order valence-electron chi connectivity index (χ4n) is 2.43. The molecule has 3 unspecified atom stereocenters. The first-order valence-electron chi connectivity index (χ1n) is 8.84. The minimum Gasteiger partial charge on any atom is -0.451 e. The molecule has 0 spiro atoms. The number of amides is 1. The smallest absolute Gasteiger partial charge is 0.324 e. The molecule has 0 aliphatic heterocycles. The molecule has 0 heterocycles. The first kappa shape index (κ1) is 21.6. The Kier molecular flexibility index (Phi) is 7.31. The summed E-state index contributed by atoms with van der Waals surface area (Å²) in [6, 6.07) is 15.6. The largest absolute Gasteiger partial charge is 0.451 e. The maximum absolute atomic E-state index is 12.3. The molecule has 0 saturated carbocycles. The number of carbonyl (C=O) groups is 2. The molecule has 2 aromatic carbocycles. The fourth-order valence-corrected chi connectivity index (χ4v) is 3.65. The van der Waals surface area contributed by atoms with E-state index in [-0.39, 0.29) is 10.9 Å². The van der Waals surface area contributed by atoms with Gasteiger partial charge in [0.15, 0.2) is 6.10 Å². The zero-order chi connectivity index (χ0) is 20.7. The molecule has 0 bridgehead atoms. The molecule has 8 heteroatoms. The van der Waals surface area contributed by atoms with Crippen molar-refractivity contribution in [1.29, 1.82) is 0 Å². The molecule has 150 valence electrons. The molecule has 1 amide bonds. The Morgan fingerprint density at radius 2 is 1.43 bits per heavy atom. The summed E-state index contributed by atoms with van der Waals surface area (Å²) in [6.07, 6.45) is -1.07. The average Bonchev–Trinajstić information content (AvgIpc) is 2.68. The van der Waals surface area contributed by atoms with Crippen molar-refractivity contribution in [2.45, 2.75) is 43.9 Å². The van der Waals surface area contributed by atoms with E-state index in [1.807, 2.05) is 37.3 Å². The molecule has 2 rings (SSSR count). The van der Waals surface area contributed by atoms with E-state index in [2.05, 4.69) is 10.0 Å². The topological polar surface area (TPSA) is 102 Å². The summed E-state index contributed by atoms with van der Waals surface area (Å²) in [7, 11) is -3.87. The summed E-state index contributed by atoms with van der Waals surface area (Å²) in [5.41, 5.74) is 0.915. The number of rotatable bonds is 8. The molecule has 0 radical (unpaired) electrons. The number of sulfonamides is 1. The Balaban J connectivity index is 1.91. The van der Waals surface area contributed by atoms with Crippen LogP contribution < -0.4 is 10.0 Å². The van der Waals surface area contributed by atoms with Crippen molar-refractivity contribution in [2.24, 2.45) is 0 Å². The molecule has 0 saturated heterocycles. The Bertz CT molecular complexity index is 901. The number of nitrogens with one attached hydrogen (secondary N) is 2. The zero-order valence-corrected chi connectivity index (χ0v) is 16.8. The summed E-state index contributed by atoms with van der Waals surface area (Å²) in [5, 5.41) is 2.76. The van der Waals surface area contributed by atoms with Crippen molar-refractivity contribution in [3.05, 3.63) is 66.2 Å². The van der Waals surface area contributed by atoms with Gasteiger partial charge in [-0.1, -0.05) is 48.5 Å². The van der Waals surface area contributed by atoms with Crippen LogP contribution in [0.15, 0.2) is 65.6 Å². The SMILES string of the molecule is CC(NS(=O)(=O)c1ccccc1)C(=O)OC(C)C(=O)NC(C)c1ccccc1. The van der Waals surface area contributed by atoms with Gasteiger partial charge in [-0.15, -0.1) is 0 Å². The van der Waals surface area contributed by atoms with Crippen molar-refractivity contribution in [3.8, 4) is 0 Å². The summed E-state index contributed by atoms with van der Waals surface area (Å²) in [4.78, 5) is 24.5. The van der Waals surface area contributed by atoms with Gasteiger partial charge >= 0.3 is 5.97 Å². The first-order valence-corrected chi connectivity index (χ1v) is 10.3. The lowest BCUT2D eigenvalue weighted by molar-refractivity contribution is -0.156. The van der Waals surface area contributed by atoms with E-state index in [0.717, 1.165) is 5.56 Å². The van der Waals surface area contributed by atoms with E-state index in [1.165, 1.54) is 26.0 Å². The van der Waals surface area contributed by atoms with Crippen LogP contribution in [0.3, 0.4) is 0 Å². The highest BCUT2D eigenvalue weighted by Gasteiger charge is 2.26. The lowest BCUT2D eigenvalue weighted by Crippen LogP contribution is -2.43. The van der Waals surface area contributed by atoms with Crippen molar-refractivity contribution >= 4 is 21.9 Å². The van der Waals surface area contributed by atoms with Gasteiger partial charge in [-0.3, -0.25) is 9.59 Å². The van der Waals surface area contributed by atoms with Gasteiger partial charge in [0.2, 0.25) is 10.0 Å². The van der Waals surface area contributed by atoms with Crippen LogP contribution >= 0.6 is 0 Å². The maximum Gasteiger partial charge on any atom is 0.324 e. The minimum absolute atomic E-state index is 0.0390. The lowest BCUT2D eigenvalue weighted by Gasteiger charge is -2.20. The molecule has 0 aromatic heterocycles. The van der Waals surface area contributed by atoms with Crippen LogP contribution in [-0.4, -0.2) is 32.4 Å². The maximum atomic E-state index is 12.3. The molecular weight excluding hydrogens is 380 g/mol.